The van der Waals surface area contributed by atoms with E-state index in [2.05, 4.69) is 4.98 Å². The Bertz CT molecular complexity index is 1020. The van der Waals surface area contributed by atoms with Crippen LogP contribution in [0.3, 0.4) is 0 Å². The first-order valence-corrected chi connectivity index (χ1v) is 10.4. The molecule has 0 saturated carbocycles. The molecule has 1 aromatic carbocycles. The van der Waals surface area contributed by atoms with E-state index in [-0.39, 0.29) is 18.7 Å². The molecule has 31 heavy (non-hydrogen) atoms. The second kappa shape index (κ2) is 8.91. The predicted octanol–water partition coefficient (Wildman–Crippen LogP) is 3.00. The minimum Gasteiger partial charge on any atom is -0.464 e. The predicted molar refractivity (Wildman–Crippen MR) is 115 cm³/mol. The van der Waals surface area contributed by atoms with Crippen LogP contribution in [0, 0.1) is 6.92 Å². The third-order valence-corrected chi connectivity index (χ3v) is 4.98. The maximum Gasteiger partial charge on any atom is 0.410 e. The van der Waals surface area contributed by atoms with Crippen LogP contribution in [0.25, 0.3) is 0 Å². The van der Waals surface area contributed by atoms with Crippen LogP contribution in [-0.2, 0) is 27.2 Å². The summed E-state index contributed by atoms with van der Waals surface area (Å²) in [5.41, 5.74) is 0.807. The molecule has 0 bridgehead atoms. The van der Waals surface area contributed by atoms with Gasteiger partial charge in [0.05, 0.1) is 18.8 Å². The third-order valence-electron chi connectivity index (χ3n) is 4.98. The molecule has 1 unspecified atom stereocenters. The Kier molecular flexibility index (Phi) is 6.48. The summed E-state index contributed by atoms with van der Waals surface area (Å²) in [6.45, 7) is 9.58. The molecule has 0 fully saturated rings. The molecule has 0 spiro atoms. The number of ether oxygens (including phenoxy) is 2. The molecule has 1 aliphatic rings. The van der Waals surface area contributed by atoms with E-state index in [4.69, 9.17) is 9.47 Å². The summed E-state index contributed by atoms with van der Waals surface area (Å²) in [4.78, 5) is 44.8. The molecule has 0 N–H and O–H groups in total. The largest absolute Gasteiger partial charge is 0.464 e. The summed E-state index contributed by atoms with van der Waals surface area (Å²) < 4.78 is 12.1. The first-order valence-electron chi connectivity index (χ1n) is 10.4. The van der Waals surface area contributed by atoms with Crippen LogP contribution < -0.4 is 5.56 Å². The van der Waals surface area contributed by atoms with Gasteiger partial charge in [-0.3, -0.25) is 9.36 Å². The fourth-order valence-electron chi connectivity index (χ4n) is 3.65. The zero-order valence-electron chi connectivity index (χ0n) is 18.7. The Hall–Kier alpha value is -3.16. The van der Waals surface area contributed by atoms with Crippen molar-refractivity contribution >= 4 is 12.1 Å². The second-order valence-corrected chi connectivity index (χ2v) is 8.48. The van der Waals surface area contributed by atoms with Crippen molar-refractivity contribution in [2.75, 3.05) is 13.2 Å². The highest BCUT2D eigenvalue weighted by Crippen LogP contribution is 2.23. The number of nitrogens with zero attached hydrogens (tertiary/aromatic N) is 3. The average molecular weight is 428 g/mol. The molecule has 1 aliphatic heterocycles. The van der Waals surface area contributed by atoms with Crippen LogP contribution in [0.2, 0.25) is 0 Å². The molecule has 1 atom stereocenters. The van der Waals surface area contributed by atoms with Gasteiger partial charge in [0.15, 0.2) is 6.04 Å². The lowest BCUT2D eigenvalue weighted by Crippen LogP contribution is -2.44. The van der Waals surface area contributed by atoms with Crippen LogP contribution in [0.5, 0.6) is 0 Å². The van der Waals surface area contributed by atoms with Gasteiger partial charge in [-0.15, -0.1) is 0 Å². The number of fused-ring (bicyclic) bond motifs is 1. The quantitative estimate of drug-likeness (QED) is 0.697. The molecule has 1 amide bonds. The van der Waals surface area contributed by atoms with E-state index in [1.165, 1.54) is 4.57 Å². The Morgan fingerprint density at radius 2 is 1.87 bits per heavy atom. The van der Waals surface area contributed by atoms with E-state index in [1.54, 1.807) is 30.9 Å². The zero-order chi connectivity index (χ0) is 22.8. The minimum atomic E-state index is -0.921. The van der Waals surface area contributed by atoms with Gasteiger partial charge < -0.3 is 14.4 Å². The Morgan fingerprint density at radius 3 is 2.48 bits per heavy atom. The number of hydrogen-bond acceptors (Lipinski definition) is 6. The van der Waals surface area contributed by atoms with Crippen molar-refractivity contribution in [3.8, 4) is 0 Å². The van der Waals surface area contributed by atoms with E-state index < -0.39 is 23.7 Å². The molecule has 3 rings (SSSR count). The molecule has 2 heterocycles. The van der Waals surface area contributed by atoms with Gasteiger partial charge in [-0.2, -0.15) is 0 Å². The highest BCUT2D eigenvalue weighted by Gasteiger charge is 2.32. The van der Waals surface area contributed by atoms with Crippen LogP contribution >= 0.6 is 0 Å². The van der Waals surface area contributed by atoms with E-state index in [1.807, 2.05) is 39.0 Å². The number of benzene rings is 1. The van der Waals surface area contributed by atoms with Crippen LogP contribution in [0.1, 0.15) is 56.4 Å². The molecule has 0 radical (unpaired) electrons. The Labute approximate surface area is 181 Å². The number of carbonyl (C=O) groups is 2. The van der Waals surface area contributed by atoms with Gasteiger partial charge in [-0.25, -0.2) is 14.6 Å². The Balaban J connectivity index is 2.00. The molecule has 0 aliphatic carbocycles. The van der Waals surface area contributed by atoms with Crippen molar-refractivity contribution in [1.29, 1.82) is 0 Å². The van der Waals surface area contributed by atoms with Gasteiger partial charge in [0.1, 0.15) is 11.4 Å². The first-order chi connectivity index (χ1) is 14.6. The average Bonchev–Trinajstić information content (AvgIpc) is 2.70. The van der Waals surface area contributed by atoms with Gasteiger partial charge >= 0.3 is 12.1 Å². The van der Waals surface area contributed by atoms with Gasteiger partial charge in [0.2, 0.25) is 0 Å². The highest BCUT2D eigenvalue weighted by molar-refractivity contribution is 5.78. The van der Waals surface area contributed by atoms with E-state index in [0.29, 0.717) is 35.6 Å². The number of amides is 1. The normalized spacial score (nSPS) is 14.5. The number of rotatable bonds is 4. The second-order valence-electron chi connectivity index (χ2n) is 8.48. The smallest absolute Gasteiger partial charge is 0.410 e. The molecule has 0 saturated heterocycles. The lowest BCUT2D eigenvalue weighted by molar-refractivity contribution is -0.145. The standard InChI is InChI=1S/C23H29N3O5/c1-6-30-21(28)19(16-10-8-7-9-11-16)26-15(2)24-18-14-25(13-12-17(18)20(26)27)22(29)31-23(3,4)5/h7-11,19H,6,12-14H2,1-5H3. The van der Waals surface area contributed by atoms with Gasteiger partial charge in [-0.05, 0) is 46.6 Å². The fraction of sp³-hybridized carbons (Fsp3) is 0.478. The fourth-order valence-corrected chi connectivity index (χ4v) is 3.65. The van der Waals surface area contributed by atoms with Crippen LogP contribution in [0.15, 0.2) is 35.1 Å². The highest BCUT2D eigenvalue weighted by atomic mass is 16.6. The van der Waals surface area contributed by atoms with Crippen molar-refractivity contribution in [3.63, 3.8) is 0 Å². The number of aromatic nitrogens is 2. The molecule has 8 nitrogen and oxygen atoms in total. The Morgan fingerprint density at radius 1 is 1.19 bits per heavy atom. The summed E-state index contributed by atoms with van der Waals surface area (Å²) in [5.74, 6) is -0.122. The number of aryl methyl sites for hydroxylation is 1. The van der Waals surface area contributed by atoms with E-state index >= 15 is 0 Å². The molecule has 8 heteroatoms. The minimum absolute atomic E-state index is 0.191. The van der Waals surface area contributed by atoms with Crippen molar-refractivity contribution in [2.45, 2.75) is 59.2 Å². The zero-order valence-corrected chi connectivity index (χ0v) is 18.7. The first kappa shape index (κ1) is 22.5. The summed E-state index contributed by atoms with van der Waals surface area (Å²) in [6.07, 6.45) is -0.0964. The van der Waals surface area contributed by atoms with Crippen molar-refractivity contribution in [2.24, 2.45) is 0 Å². The van der Waals surface area contributed by atoms with Crippen LogP contribution in [-0.4, -0.2) is 45.3 Å². The third kappa shape index (κ3) is 4.95. The van der Waals surface area contributed by atoms with Gasteiger partial charge in [0, 0.05) is 12.1 Å². The number of hydrogen-bond donors (Lipinski definition) is 0. The summed E-state index contributed by atoms with van der Waals surface area (Å²) in [7, 11) is 0. The SMILES string of the molecule is CCOC(=O)C(c1ccccc1)n1c(C)nc2c(c1=O)CCN(C(=O)OC(C)(C)C)C2. The lowest BCUT2D eigenvalue weighted by Gasteiger charge is -2.31. The van der Waals surface area contributed by atoms with Crippen molar-refractivity contribution in [1.82, 2.24) is 14.5 Å². The summed E-state index contributed by atoms with van der Waals surface area (Å²) in [5, 5.41) is 0. The number of esters is 1. The maximum atomic E-state index is 13.4. The topological polar surface area (TPSA) is 90.7 Å². The molecular formula is C23H29N3O5. The van der Waals surface area contributed by atoms with Crippen LogP contribution in [0.4, 0.5) is 4.79 Å². The lowest BCUT2D eigenvalue weighted by atomic mass is 10.0. The molecule has 2 aromatic rings. The summed E-state index contributed by atoms with van der Waals surface area (Å²) >= 11 is 0. The van der Waals surface area contributed by atoms with Crippen molar-refractivity contribution in [3.05, 3.63) is 63.3 Å². The maximum absolute atomic E-state index is 13.4. The van der Waals surface area contributed by atoms with E-state index in [0.717, 1.165) is 0 Å². The van der Waals surface area contributed by atoms with E-state index in [9.17, 15) is 14.4 Å². The molecule has 1 aromatic heterocycles. The molecule has 166 valence electrons. The summed E-state index contributed by atoms with van der Waals surface area (Å²) in [6, 6.07) is 8.13. The van der Waals surface area contributed by atoms with Gasteiger partial charge in [-0.1, -0.05) is 30.3 Å². The monoisotopic (exact) mass is 427 g/mol. The number of carbonyl (C=O) groups excluding carboxylic acids is 2. The molecular weight excluding hydrogens is 398 g/mol. The van der Waals surface area contributed by atoms with Gasteiger partial charge in [0.25, 0.3) is 5.56 Å². The van der Waals surface area contributed by atoms with Crippen molar-refractivity contribution < 1.29 is 19.1 Å².